The lowest BCUT2D eigenvalue weighted by Gasteiger charge is -2.11. The fraction of sp³-hybridized carbons (Fsp3) is 0.714. The van der Waals surface area contributed by atoms with Gasteiger partial charge in [-0.2, -0.15) is 0 Å². The van der Waals surface area contributed by atoms with Crippen molar-refractivity contribution in [2.24, 2.45) is 0 Å². The molecule has 1 rings (SSSR count). The van der Waals surface area contributed by atoms with E-state index in [9.17, 15) is 0 Å². The Morgan fingerprint density at radius 3 is 1.94 bits per heavy atom. The number of rotatable bonds is 8. The largest absolute Gasteiger partial charge is 0.240 e. The van der Waals surface area contributed by atoms with E-state index in [-0.39, 0.29) is 4.83 Å². The molecule has 0 N–H and O–H groups in total. The minimum atomic E-state index is 0.288. The zero-order valence-electron chi connectivity index (χ0n) is 11.2. The van der Waals surface area contributed by atoms with Crippen molar-refractivity contribution in [2.45, 2.75) is 62.0 Å². The van der Waals surface area contributed by atoms with E-state index in [1.807, 2.05) is 12.4 Å². The number of unbranched alkanes of at least 4 members (excludes halogenated alkanes) is 2. The summed E-state index contributed by atoms with van der Waals surface area (Å²) >= 11 is 7.35. The lowest BCUT2D eigenvalue weighted by Crippen LogP contribution is -2.01. The van der Waals surface area contributed by atoms with Crippen LogP contribution in [0.2, 0.25) is 0 Å². The van der Waals surface area contributed by atoms with Crippen molar-refractivity contribution in [1.82, 2.24) is 9.97 Å². The topological polar surface area (TPSA) is 25.8 Å². The van der Waals surface area contributed by atoms with Crippen LogP contribution in [0.5, 0.6) is 0 Å². The van der Waals surface area contributed by atoms with Crippen LogP contribution in [0, 0.1) is 0 Å². The Bertz CT molecular complexity index is 294. The molecule has 0 aliphatic carbocycles. The average Bonchev–Trinajstić information content (AvgIpc) is 2.42. The molecule has 2 unspecified atom stereocenters. The maximum Gasteiger partial charge on any atom is 0.141 e. The van der Waals surface area contributed by atoms with Crippen molar-refractivity contribution in [3.63, 3.8) is 0 Å². The lowest BCUT2D eigenvalue weighted by atomic mass is 10.1. The van der Waals surface area contributed by atoms with Crippen LogP contribution < -0.4 is 0 Å². The third-order valence-electron chi connectivity index (χ3n) is 2.96. The molecule has 0 bridgehead atoms. The van der Waals surface area contributed by atoms with Gasteiger partial charge in [-0.1, -0.05) is 71.4 Å². The quantitative estimate of drug-likeness (QED) is 0.540. The molecule has 0 saturated heterocycles. The van der Waals surface area contributed by atoms with E-state index in [2.05, 4.69) is 55.7 Å². The predicted molar refractivity (Wildman–Crippen MR) is 84.4 cm³/mol. The number of alkyl halides is 2. The SMILES string of the molecule is CCCCC(Br)c1cnc(C(Br)CCCC)nc1. The number of hydrogen-bond acceptors (Lipinski definition) is 2. The monoisotopic (exact) mass is 376 g/mol. The van der Waals surface area contributed by atoms with Gasteiger partial charge in [-0.25, -0.2) is 9.97 Å². The normalized spacial score (nSPS) is 14.4. The van der Waals surface area contributed by atoms with Crippen LogP contribution in [0.25, 0.3) is 0 Å². The molecule has 0 radical (unpaired) electrons. The first kappa shape index (κ1) is 16.1. The van der Waals surface area contributed by atoms with E-state index in [0.717, 1.165) is 18.7 Å². The maximum absolute atomic E-state index is 4.47. The standard InChI is InChI=1S/C14H22Br2N2/c1-3-5-7-12(15)11-9-17-14(18-10-11)13(16)8-6-4-2/h9-10,12-13H,3-8H2,1-2H3. The van der Waals surface area contributed by atoms with Crippen LogP contribution in [0.15, 0.2) is 12.4 Å². The van der Waals surface area contributed by atoms with E-state index in [0.29, 0.717) is 4.83 Å². The van der Waals surface area contributed by atoms with Gasteiger partial charge in [0.2, 0.25) is 0 Å². The smallest absolute Gasteiger partial charge is 0.141 e. The van der Waals surface area contributed by atoms with Crippen LogP contribution in [0.3, 0.4) is 0 Å². The van der Waals surface area contributed by atoms with Crippen molar-refractivity contribution in [3.05, 3.63) is 23.8 Å². The van der Waals surface area contributed by atoms with Gasteiger partial charge in [-0.05, 0) is 12.8 Å². The summed E-state index contributed by atoms with van der Waals surface area (Å²) in [6.07, 6.45) is 11.0. The summed E-state index contributed by atoms with van der Waals surface area (Å²) in [7, 11) is 0. The molecule has 2 atom stereocenters. The molecular weight excluding hydrogens is 356 g/mol. The summed E-state index contributed by atoms with van der Waals surface area (Å²) in [5.74, 6) is 0.905. The molecule has 0 spiro atoms. The van der Waals surface area contributed by atoms with Crippen LogP contribution in [-0.2, 0) is 0 Å². The van der Waals surface area contributed by atoms with Crippen molar-refractivity contribution in [2.75, 3.05) is 0 Å². The first-order valence-electron chi connectivity index (χ1n) is 6.79. The second kappa shape index (κ2) is 9.03. The van der Waals surface area contributed by atoms with Gasteiger partial charge in [-0.3, -0.25) is 0 Å². The summed E-state index contributed by atoms with van der Waals surface area (Å²) in [4.78, 5) is 9.62. The van der Waals surface area contributed by atoms with Crippen molar-refractivity contribution in [1.29, 1.82) is 0 Å². The Labute approximate surface area is 127 Å². The molecule has 4 heteroatoms. The zero-order valence-corrected chi connectivity index (χ0v) is 14.4. The van der Waals surface area contributed by atoms with Gasteiger partial charge in [0.15, 0.2) is 0 Å². The number of nitrogens with zero attached hydrogens (tertiary/aromatic N) is 2. The molecule has 1 aromatic rings. The van der Waals surface area contributed by atoms with Crippen LogP contribution >= 0.6 is 31.9 Å². The Morgan fingerprint density at radius 1 is 0.944 bits per heavy atom. The van der Waals surface area contributed by atoms with Gasteiger partial charge in [0, 0.05) is 22.8 Å². The van der Waals surface area contributed by atoms with Crippen LogP contribution in [0.1, 0.15) is 73.4 Å². The summed E-state index contributed by atoms with van der Waals surface area (Å²) in [6, 6.07) is 0. The Morgan fingerprint density at radius 2 is 1.44 bits per heavy atom. The fourth-order valence-electron chi connectivity index (χ4n) is 1.73. The van der Waals surface area contributed by atoms with Gasteiger partial charge >= 0.3 is 0 Å². The molecule has 2 nitrogen and oxygen atoms in total. The van der Waals surface area contributed by atoms with Crippen LogP contribution in [0.4, 0.5) is 0 Å². The number of halogens is 2. The molecule has 1 aromatic heterocycles. The molecule has 0 aliphatic rings. The van der Waals surface area contributed by atoms with E-state index in [1.54, 1.807) is 0 Å². The van der Waals surface area contributed by atoms with E-state index < -0.39 is 0 Å². The van der Waals surface area contributed by atoms with E-state index in [1.165, 1.54) is 31.2 Å². The van der Waals surface area contributed by atoms with Gasteiger partial charge in [0.05, 0.1) is 4.83 Å². The lowest BCUT2D eigenvalue weighted by molar-refractivity contribution is 0.681. The highest BCUT2D eigenvalue weighted by Crippen LogP contribution is 2.29. The third-order valence-corrected chi connectivity index (χ3v) is 4.81. The summed E-state index contributed by atoms with van der Waals surface area (Å²) in [5.41, 5.74) is 1.18. The number of aromatic nitrogens is 2. The van der Waals surface area contributed by atoms with Crippen molar-refractivity contribution >= 4 is 31.9 Å². The van der Waals surface area contributed by atoms with Gasteiger partial charge in [-0.15, -0.1) is 0 Å². The molecule has 0 amide bonds. The summed E-state index contributed by atoms with van der Waals surface area (Å²) in [5, 5.41) is 0. The molecule has 0 aliphatic heterocycles. The van der Waals surface area contributed by atoms with Gasteiger partial charge in [0.1, 0.15) is 5.82 Å². The second-order valence-electron chi connectivity index (χ2n) is 4.59. The van der Waals surface area contributed by atoms with Crippen LogP contribution in [-0.4, -0.2) is 9.97 Å². The van der Waals surface area contributed by atoms with E-state index in [4.69, 9.17) is 0 Å². The van der Waals surface area contributed by atoms with E-state index >= 15 is 0 Å². The van der Waals surface area contributed by atoms with Gasteiger partial charge < -0.3 is 0 Å². The first-order chi connectivity index (χ1) is 8.69. The summed E-state index contributed by atoms with van der Waals surface area (Å²) in [6.45, 7) is 4.41. The Kier molecular flexibility index (Phi) is 8.07. The second-order valence-corrected chi connectivity index (χ2v) is 6.80. The molecule has 0 fully saturated rings. The highest BCUT2D eigenvalue weighted by molar-refractivity contribution is 9.09. The maximum atomic E-state index is 4.47. The minimum Gasteiger partial charge on any atom is -0.240 e. The molecule has 102 valence electrons. The summed E-state index contributed by atoms with van der Waals surface area (Å²) < 4.78 is 0. The highest BCUT2D eigenvalue weighted by Gasteiger charge is 2.12. The van der Waals surface area contributed by atoms with Crippen molar-refractivity contribution in [3.8, 4) is 0 Å². The molecule has 0 aromatic carbocycles. The fourth-order valence-corrected chi connectivity index (χ4v) is 2.85. The highest BCUT2D eigenvalue weighted by atomic mass is 79.9. The van der Waals surface area contributed by atoms with Crippen molar-refractivity contribution < 1.29 is 0 Å². The predicted octanol–water partition coefficient (Wildman–Crippen LogP) is 5.73. The first-order valence-corrected chi connectivity index (χ1v) is 8.62. The zero-order chi connectivity index (χ0) is 13.4. The molecular formula is C14H22Br2N2. The molecule has 0 saturated carbocycles. The molecule has 18 heavy (non-hydrogen) atoms. The molecule has 1 heterocycles. The third kappa shape index (κ3) is 5.35. The Balaban J connectivity index is 2.56. The average molecular weight is 378 g/mol. The number of hydrogen-bond donors (Lipinski definition) is 0. The minimum absolute atomic E-state index is 0.288. The van der Waals surface area contributed by atoms with Gasteiger partial charge in [0.25, 0.3) is 0 Å². The Hall–Kier alpha value is 0.0400.